The molecular weight excluding hydrogens is 151 g/mol. The second-order valence-electron chi connectivity index (χ2n) is 2.83. The summed E-state index contributed by atoms with van der Waals surface area (Å²) in [5.74, 6) is -0.898. The topological polar surface area (TPSA) is 37.3 Å². The predicted molar refractivity (Wildman–Crippen MR) is 48.3 cm³/mol. The Hall–Kier alpha value is -1.25. The van der Waals surface area contributed by atoms with Crippen LogP contribution in [0.25, 0.3) is 0 Å². The van der Waals surface area contributed by atoms with Gasteiger partial charge in [-0.25, -0.2) is 4.79 Å². The van der Waals surface area contributed by atoms with Crippen LogP contribution in [-0.4, -0.2) is 18.9 Å². The molecule has 1 aromatic rings. The molecule has 12 heavy (non-hydrogen) atoms. The number of carboxylic acid groups (broad SMARTS) is 1. The van der Waals surface area contributed by atoms with Crippen LogP contribution >= 0.6 is 0 Å². The highest BCUT2D eigenvalue weighted by molar-refractivity contribution is 6.32. The van der Waals surface area contributed by atoms with Crippen LogP contribution in [0, 0.1) is 13.8 Å². The van der Waals surface area contributed by atoms with E-state index in [1.165, 1.54) is 0 Å². The molecule has 60 valence electrons. The normalized spacial score (nSPS) is 9.83. The van der Waals surface area contributed by atoms with Crippen LogP contribution in [0.1, 0.15) is 21.5 Å². The summed E-state index contributed by atoms with van der Waals surface area (Å²) in [6.07, 6.45) is 0. The van der Waals surface area contributed by atoms with Crippen LogP contribution < -0.4 is 5.46 Å². The van der Waals surface area contributed by atoms with Crippen molar-refractivity contribution in [1.82, 2.24) is 0 Å². The van der Waals surface area contributed by atoms with Gasteiger partial charge in [0.25, 0.3) is 0 Å². The Balaban J connectivity index is 3.38. The molecule has 0 spiro atoms. The van der Waals surface area contributed by atoms with Crippen molar-refractivity contribution < 1.29 is 9.90 Å². The van der Waals surface area contributed by atoms with E-state index in [1.807, 2.05) is 0 Å². The molecule has 0 aliphatic heterocycles. The Morgan fingerprint density at radius 1 is 1.33 bits per heavy atom. The molecule has 0 amide bonds. The van der Waals surface area contributed by atoms with E-state index in [0.29, 0.717) is 22.2 Å². The van der Waals surface area contributed by atoms with Gasteiger partial charge in [-0.2, -0.15) is 0 Å². The smallest absolute Gasteiger partial charge is 0.336 e. The first-order valence-electron chi connectivity index (χ1n) is 3.62. The van der Waals surface area contributed by atoms with Crippen molar-refractivity contribution in [3.8, 4) is 0 Å². The van der Waals surface area contributed by atoms with Crippen molar-refractivity contribution >= 4 is 19.3 Å². The van der Waals surface area contributed by atoms with E-state index in [4.69, 9.17) is 13.0 Å². The lowest BCUT2D eigenvalue weighted by atomic mass is 9.89. The van der Waals surface area contributed by atoms with E-state index < -0.39 is 5.97 Å². The van der Waals surface area contributed by atoms with Gasteiger partial charge in [-0.3, -0.25) is 0 Å². The lowest BCUT2D eigenvalue weighted by Gasteiger charge is -2.06. The van der Waals surface area contributed by atoms with Crippen LogP contribution in [0.2, 0.25) is 0 Å². The zero-order valence-corrected chi connectivity index (χ0v) is 7.09. The van der Waals surface area contributed by atoms with E-state index in [1.54, 1.807) is 26.0 Å². The van der Waals surface area contributed by atoms with Crippen molar-refractivity contribution in [2.75, 3.05) is 0 Å². The van der Waals surface area contributed by atoms with Gasteiger partial charge in [-0.05, 0) is 25.0 Å². The van der Waals surface area contributed by atoms with Gasteiger partial charge < -0.3 is 5.11 Å². The number of benzene rings is 1. The molecule has 1 rings (SSSR count). The molecule has 0 saturated carbocycles. The first-order chi connectivity index (χ1) is 5.52. The number of aryl methyl sites for hydroxylation is 2. The second-order valence-corrected chi connectivity index (χ2v) is 2.83. The monoisotopic (exact) mass is 160 g/mol. The average molecular weight is 160 g/mol. The Morgan fingerprint density at radius 3 is 2.08 bits per heavy atom. The van der Waals surface area contributed by atoms with E-state index >= 15 is 0 Å². The maximum atomic E-state index is 10.7. The maximum absolute atomic E-state index is 10.7. The van der Waals surface area contributed by atoms with Gasteiger partial charge in [0, 0.05) is 0 Å². The largest absolute Gasteiger partial charge is 0.478 e. The maximum Gasteiger partial charge on any atom is 0.336 e. The van der Waals surface area contributed by atoms with Crippen molar-refractivity contribution in [3.63, 3.8) is 0 Å². The third-order valence-corrected chi connectivity index (χ3v) is 1.77. The molecule has 0 aromatic heterocycles. The molecule has 0 saturated heterocycles. The average Bonchev–Trinajstić information content (AvgIpc) is 1.82. The van der Waals surface area contributed by atoms with E-state index in [-0.39, 0.29) is 0 Å². The highest BCUT2D eigenvalue weighted by Gasteiger charge is 2.09. The van der Waals surface area contributed by atoms with Gasteiger partial charge >= 0.3 is 5.97 Å². The molecule has 0 fully saturated rings. The van der Waals surface area contributed by atoms with Gasteiger partial charge in [0.15, 0.2) is 0 Å². The molecule has 0 unspecified atom stereocenters. The summed E-state index contributed by atoms with van der Waals surface area (Å²) in [7, 11) is 5.54. The van der Waals surface area contributed by atoms with Crippen LogP contribution in [0.15, 0.2) is 12.1 Å². The third-order valence-electron chi connectivity index (χ3n) is 1.77. The van der Waals surface area contributed by atoms with E-state index in [2.05, 4.69) is 0 Å². The molecule has 0 heterocycles. The fourth-order valence-corrected chi connectivity index (χ4v) is 1.33. The summed E-state index contributed by atoms with van der Waals surface area (Å²) >= 11 is 0. The molecule has 1 aromatic carbocycles. The van der Waals surface area contributed by atoms with Gasteiger partial charge in [-0.1, -0.05) is 17.6 Å². The summed E-state index contributed by atoms with van der Waals surface area (Å²) in [5.41, 5.74) is 2.37. The number of hydrogen-bond donors (Lipinski definition) is 1. The van der Waals surface area contributed by atoms with Crippen molar-refractivity contribution in [2.24, 2.45) is 0 Å². The molecule has 3 heteroatoms. The SMILES string of the molecule is [B]c1cc(C)c(C(=O)O)c(C)c1. The standard InChI is InChI=1S/C9H9BO2/c1-5-3-7(10)4-6(2)8(5)9(11)12/h3-4H,1-2H3,(H,11,12). The second kappa shape index (κ2) is 3.01. The quantitative estimate of drug-likeness (QED) is 0.616. The lowest BCUT2D eigenvalue weighted by molar-refractivity contribution is 0.0695. The molecule has 0 aliphatic carbocycles. The molecule has 1 N–H and O–H groups in total. The van der Waals surface area contributed by atoms with Crippen LogP contribution in [0.4, 0.5) is 0 Å². The number of hydrogen-bond acceptors (Lipinski definition) is 1. The van der Waals surface area contributed by atoms with Crippen molar-refractivity contribution in [1.29, 1.82) is 0 Å². The fourth-order valence-electron chi connectivity index (χ4n) is 1.33. The lowest BCUT2D eigenvalue weighted by Crippen LogP contribution is -2.10. The number of aromatic carboxylic acids is 1. The van der Waals surface area contributed by atoms with Gasteiger partial charge in [0.1, 0.15) is 7.85 Å². The summed E-state index contributed by atoms with van der Waals surface area (Å²) < 4.78 is 0. The van der Waals surface area contributed by atoms with Gasteiger partial charge in [-0.15, -0.1) is 0 Å². The Morgan fingerprint density at radius 2 is 1.75 bits per heavy atom. The van der Waals surface area contributed by atoms with Gasteiger partial charge in [0.05, 0.1) is 5.56 Å². The first-order valence-corrected chi connectivity index (χ1v) is 3.62. The first kappa shape index (κ1) is 8.85. The summed E-state index contributed by atoms with van der Waals surface area (Å²) in [6, 6.07) is 3.33. The van der Waals surface area contributed by atoms with Crippen molar-refractivity contribution in [2.45, 2.75) is 13.8 Å². The molecule has 0 aliphatic rings. The van der Waals surface area contributed by atoms with Crippen LogP contribution in [0.5, 0.6) is 0 Å². The molecule has 0 bridgehead atoms. The molecule has 2 radical (unpaired) electrons. The zero-order chi connectivity index (χ0) is 9.30. The molecular formula is C9H9BO2. The Bertz CT molecular complexity index is 308. The molecule has 2 nitrogen and oxygen atoms in total. The minimum absolute atomic E-state index is 0.351. The highest BCUT2D eigenvalue weighted by atomic mass is 16.4. The zero-order valence-electron chi connectivity index (χ0n) is 7.09. The Kier molecular flexibility index (Phi) is 2.22. The summed E-state index contributed by atoms with van der Waals surface area (Å²) in [5, 5.41) is 8.80. The van der Waals surface area contributed by atoms with E-state index in [9.17, 15) is 4.79 Å². The van der Waals surface area contributed by atoms with Crippen LogP contribution in [0.3, 0.4) is 0 Å². The predicted octanol–water partition coefficient (Wildman–Crippen LogP) is 0.795. The number of rotatable bonds is 1. The summed E-state index contributed by atoms with van der Waals surface area (Å²) in [6.45, 7) is 3.49. The summed E-state index contributed by atoms with van der Waals surface area (Å²) in [4.78, 5) is 10.7. The van der Waals surface area contributed by atoms with Crippen LogP contribution in [-0.2, 0) is 0 Å². The number of carboxylic acids is 1. The minimum Gasteiger partial charge on any atom is -0.478 e. The highest BCUT2D eigenvalue weighted by Crippen LogP contribution is 2.10. The van der Waals surface area contributed by atoms with Crippen molar-refractivity contribution in [3.05, 3.63) is 28.8 Å². The van der Waals surface area contributed by atoms with E-state index in [0.717, 1.165) is 0 Å². The third kappa shape index (κ3) is 1.50. The van der Waals surface area contributed by atoms with Gasteiger partial charge in [0.2, 0.25) is 0 Å². The fraction of sp³-hybridized carbons (Fsp3) is 0.222. The Labute approximate surface area is 72.6 Å². The number of carbonyl (C=O) groups is 1. The minimum atomic E-state index is -0.898. The molecule has 0 atom stereocenters.